The Kier molecular flexibility index (Phi) is 5.06. The second-order valence-corrected chi connectivity index (χ2v) is 7.37. The number of benzene rings is 3. The zero-order chi connectivity index (χ0) is 21.3. The van der Waals surface area contributed by atoms with Gasteiger partial charge in [0.2, 0.25) is 0 Å². The van der Waals surface area contributed by atoms with E-state index in [9.17, 15) is 9.59 Å². The summed E-state index contributed by atoms with van der Waals surface area (Å²) in [5.41, 5.74) is 11.2. The van der Waals surface area contributed by atoms with Crippen LogP contribution >= 0.6 is 0 Å². The van der Waals surface area contributed by atoms with E-state index in [0.29, 0.717) is 34.4 Å². The number of rotatable bonds is 4. The molecule has 0 aliphatic carbocycles. The van der Waals surface area contributed by atoms with Gasteiger partial charge in [0, 0.05) is 5.56 Å². The molecular weight excluding hydrogens is 376 g/mol. The largest absolute Gasteiger partial charge is 0.397 e. The molecule has 0 radical (unpaired) electrons. The minimum Gasteiger partial charge on any atom is -0.397 e. The van der Waals surface area contributed by atoms with Crippen LogP contribution in [0.5, 0.6) is 0 Å². The average Bonchev–Trinajstić information content (AvgIpc) is 2.74. The highest BCUT2D eigenvalue weighted by Crippen LogP contribution is 2.18. The number of hydrogen-bond acceptors (Lipinski definition) is 4. The molecule has 1 aromatic heterocycles. The Bertz CT molecular complexity index is 1310. The number of carbonyl (C=O) groups is 1. The molecule has 1 heterocycles. The first-order valence-electron chi connectivity index (χ1n) is 9.63. The van der Waals surface area contributed by atoms with E-state index in [2.05, 4.69) is 10.3 Å². The molecule has 4 aromatic rings. The zero-order valence-electron chi connectivity index (χ0n) is 16.8. The molecule has 3 aromatic carbocycles. The summed E-state index contributed by atoms with van der Waals surface area (Å²) in [5.74, 6) is -0.241. The fourth-order valence-corrected chi connectivity index (χ4v) is 3.29. The molecule has 6 nitrogen and oxygen atoms in total. The molecule has 0 spiro atoms. The highest BCUT2D eigenvalue weighted by Gasteiger charge is 2.10. The normalized spacial score (nSPS) is 10.9. The van der Waals surface area contributed by atoms with E-state index in [4.69, 9.17) is 5.73 Å². The van der Waals surface area contributed by atoms with E-state index in [1.54, 1.807) is 35.2 Å². The molecular formula is C24H22N4O2. The lowest BCUT2D eigenvalue weighted by Gasteiger charge is -2.10. The van der Waals surface area contributed by atoms with E-state index in [1.165, 1.54) is 0 Å². The van der Waals surface area contributed by atoms with Crippen LogP contribution in [0.15, 0.2) is 71.8 Å². The van der Waals surface area contributed by atoms with Crippen LogP contribution in [0.1, 0.15) is 27.0 Å². The van der Waals surface area contributed by atoms with Gasteiger partial charge in [0.25, 0.3) is 11.5 Å². The summed E-state index contributed by atoms with van der Waals surface area (Å²) in [6, 6.07) is 18.1. The Balaban J connectivity index is 1.54. The number of nitrogen functional groups attached to an aromatic ring is 1. The van der Waals surface area contributed by atoms with Gasteiger partial charge in [-0.05, 0) is 66.9 Å². The molecule has 0 saturated carbocycles. The van der Waals surface area contributed by atoms with E-state index in [-0.39, 0.29) is 11.5 Å². The van der Waals surface area contributed by atoms with Crippen LogP contribution in [0.2, 0.25) is 0 Å². The van der Waals surface area contributed by atoms with Crippen molar-refractivity contribution >= 4 is 28.2 Å². The van der Waals surface area contributed by atoms with Crippen molar-refractivity contribution in [3.05, 3.63) is 99.6 Å². The molecule has 0 bridgehead atoms. The van der Waals surface area contributed by atoms with Gasteiger partial charge in [-0.1, -0.05) is 24.3 Å². The van der Waals surface area contributed by atoms with E-state index >= 15 is 0 Å². The third kappa shape index (κ3) is 3.80. The first-order chi connectivity index (χ1) is 14.4. The highest BCUT2D eigenvalue weighted by atomic mass is 16.1. The number of aromatic nitrogens is 2. The van der Waals surface area contributed by atoms with Crippen molar-refractivity contribution in [2.24, 2.45) is 0 Å². The third-order valence-corrected chi connectivity index (χ3v) is 5.22. The molecule has 0 fully saturated rings. The SMILES string of the molecule is Cc1cc2ncn(Cc3ccc(C(=O)Nc4ccccc4N)cc3)c(=O)c2cc1C. The van der Waals surface area contributed by atoms with E-state index in [0.717, 1.165) is 16.7 Å². The number of para-hydroxylation sites is 2. The van der Waals surface area contributed by atoms with Crippen molar-refractivity contribution in [1.82, 2.24) is 9.55 Å². The second kappa shape index (κ2) is 7.83. The first-order valence-corrected chi connectivity index (χ1v) is 9.63. The summed E-state index contributed by atoms with van der Waals surface area (Å²) in [5, 5.41) is 3.41. The Hall–Kier alpha value is -3.93. The van der Waals surface area contributed by atoms with Crippen LogP contribution in [0.4, 0.5) is 11.4 Å². The number of nitrogens with one attached hydrogen (secondary N) is 1. The smallest absolute Gasteiger partial charge is 0.261 e. The van der Waals surface area contributed by atoms with Crippen LogP contribution in [0.3, 0.4) is 0 Å². The van der Waals surface area contributed by atoms with Gasteiger partial charge in [-0.2, -0.15) is 0 Å². The summed E-state index contributed by atoms with van der Waals surface area (Å²) in [6.45, 7) is 4.37. The Morgan fingerprint density at radius 2 is 1.73 bits per heavy atom. The summed E-state index contributed by atoms with van der Waals surface area (Å²) in [4.78, 5) is 29.7. The molecule has 1 amide bonds. The number of carbonyl (C=O) groups excluding carboxylic acids is 1. The number of hydrogen-bond donors (Lipinski definition) is 2. The Morgan fingerprint density at radius 3 is 2.47 bits per heavy atom. The van der Waals surface area contributed by atoms with Crippen molar-refractivity contribution in [1.29, 1.82) is 0 Å². The number of nitrogens with zero attached hydrogens (tertiary/aromatic N) is 2. The molecule has 30 heavy (non-hydrogen) atoms. The molecule has 150 valence electrons. The van der Waals surface area contributed by atoms with Crippen LogP contribution in [-0.2, 0) is 6.54 Å². The Morgan fingerprint density at radius 1 is 1.03 bits per heavy atom. The van der Waals surface area contributed by atoms with Gasteiger partial charge in [0.05, 0.1) is 35.1 Å². The monoisotopic (exact) mass is 398 g/mol. The Labute approximate surface area is 174 Å². The third-order valence-electron chi connectivity index (χ3n) is 5.22. The van der Waals surface area contributed by atoms with Crippen molar-refractivity contribution < 1.29 is 4.79 Å². The van der Waals surface area contributed by atoms with Gasteiger partial charge in [-0.15, -0.1) is 0 Å². The zero-order valence-corrected chi connectivity index (χ0v) is 16.8. The first kappa shape index (κ1) is 19.4. The minimum absolute atomic E-state index is 0.0792. The molecule has 0 unspecified atom stereocenters. The summed E-state index contributed by atoms with van der Waals surface area (Å²) >= 11 is 0. The van der Waals surface area contributed by atoms with Gasteiger partial charge in [-0.25, -0.2) is 4.98 Å². The number of anilines is 2. The van der Waals surface area contributed by atoms with Gasteiger partial charge in [-0.3, -0.25) is 14.2 Å². The minimum atomic E-state index is -0.241. The van der Waals surface area contributed by atoms with Crippen LogP contribution < -0.4 is 16.6 Å². The maximum atomic E-state index is 12.9. The van der Waals surface area contributed by atoms with E-state index < -0.39 is 0 Å². The standard InChI is InChI=1S/C24H22N4O2/c1-15-11-19-22(12-16(15)2)26-14-28(24(19)30)13-17-7-9-18(10-8-17)23(29)27-21-6-4-3-5-20(21)25/h3-12,14H,13,25H2,1-2H3,(H,27,29). The van der Waals surface area contributed by atoms with Crippen molar-refractivity contribution in [2.75, 3.05) is 11.1 Å². The lowest BCUT2D eigenvalue weighted by atomic mass is 10.1. The van der Waals surface area contributed by atoms with Crippen LogP contribution in [0.25, 0.3) is 10.9 Å². The summed E-state index contributed by atoms with van der Waals surface area (Å²) in [6.07, 6.45) is 1.57. The number of fused-ring (bicyclic) bond motifs is 1. The number of nitrogens with two attached hydrogens (primary N) is 1. The average molecular weight is 398 g/mol. The van der Waals surface area contributed by atoms with Gasteiger partial charge < -0.3 is 11.1 Å². The summed E-state index contributed by atoms with van der Waals surface area (Å²) < 4.78 is 1.58. The maximum absolute atomic E-state index is 12.9. The number of aryl methyl sites for hydroxylation is 2. The molecule has 0 aliphatic rings. The lowest BCUT2D eigenvalue weighted by Crippen LogP contribution is -2.21. The maximum Gasteiger partial charge on any atom is 0.261 e. The van der Waals surface area contributed by atoms with Crippen molar-refractivity contribution in [3.8, 4) is 0 Å². The molecule has 3 N–H and O–H groups in total. The molecule has 0 atom stereocenters. The molecule has 4 rings (SSSR count). The van der Waals surface area contributed by atoms with Gasteiger partial charge in [0.1, 0.15) is 0 Å². The number of amides is 1. The molecule has 6 heteroatoms. The van der Waals surface area contributed by atoms with Crippen LogP contribution in [-0.4, -0.2) is 15.5 Å². The lowest BCUT2D eigenvalue weighted by molar-refractivity contribution is 0.102. The highest BCUT2D eigenvalue weighted by molar-refractivity contribution is 6.05. The van der Waals surface area contributed by atoms with Crippen molar-refractivity contribution in [3.63, 3.8) is 0 Å². The fourth-order valence-electron chi connectivity index (χ4n) is 3.29. The summed E-state index contributed by atoms with van der Waals surface area (Å²) in [7, 11) is 0. The molecule has 0 saturated heterocycles. The predicted molar refractivity (Wildman–Crippen MR) is 120 cm³/mol. The second-order valence-electron chi connectivity index (χ2n) is 7.37. The van der Waals surface area contributed by atoms with Gasteiger partial charge >= 0.3 is 0 Å². The quantitative estimate of drug-likeness (QED) is 0.510. The predicted octanol–water partition coefficient (Wildman–Crippen LogP) is 3.90. The van der Waals surface area contributed by atoms with Crippen molar-refractivity contribution in [2.45, 2.75) is 20.4 Å². The van der Waals surface area contributed by atoms with Crippen LogP contribution in [0, 0.1) is 13.8 Å². The topological polar surface area (TPSA) is 90.0 Å². The van der Waals surface area contributed by atoms with Gasteiger partial charge in [0.15, 0.2) is 0 Å². The fraction of sp³-hybridized carbons (Fsp3) is 0.125. The van der Waals surface area contributed by atoms with E-state index in [1.807, 2.05) is 50.2 Å². The molecule has 0 aliphatic heterocycles.